The third-order valence-electron chi connectivity index (χ3n) is 5.45. The van der Waals surface area contributed by atoms with Gasteiger partial charge in [-0.25, -0.2) is 18.7 Å². The van der Waals surface area contributed by atoms with Crippen LogP contribution in [0.25, 0.3) is 17.0 Å². The molecule has 0 bridgehead atoms. The Labute approximate surface area is 174 Å². The number of aromatic nitrogens is 3. The molecule has 1 saturated heterocycles. The molecule has 3 N–H and O–H groups in total. The largest absolute Gasteiger partial charge is 0.421 e. The molecule has 31 heavy (non-hydrogen) atoms. The molecule has 0 spiro atoms. The molecule has 166 valence electrons. The first kappa shape index (κ1) is 21.4. The first-order chi connectivity index (χ1) is 14.6. The molecular weight excluding hydrogens is 421 g/mol. The van der Waals surface area contributed by atoms with Crippen LogP contribution in [0.5, 0.6) is 0 Å². The lowest BCUT2D eigenvalue weighted by molar-refractivity contribution is -0.259. The predicted molar refractivity (Wildman–Crippen MR) is 104 cm³/mol. The topological polar surface area (TPSA) is 74.5 Å². The normalized spacial score (nSPS) is 21.8. The lowest BCUT2D eigenvalue weighted by atomic mass is 9.97. The number of pyridine rings is 2. The third kappa shape index (κ3) is 3.94. The summed E-state index contributed by atoms with van der Waals surface area (Å²) in [5.41, 5.74) is -2.63. The number of nitrogens with one attached hydrogen (secondary N) is 2. The number of rotatable bonds is 4. The van der Waals surface area contributed by atoms with Crippen molar-refractivity contribution in [3.8, 4) is 11.4 Å². The van der Waals surface area contributed by atoms with Crippen LogP contribution in [0.3, 0.4) is 0 Å². The monoisotopic (exact) mass is 441 g/mol. The zero-order chi connectivity index (χ0) is 22.4. The molecular formula is C20H20F5N5O. The van der Waals surface area contributed by atoms with Crippen molar-refractivity contribution >= 4 is 11.5 Å². The summed E-state index contributed by atoms with van der Waals surface area (Å²) in [6.07, 6.45) is -3.27. The molecule has 1 fully saturated rings. The third-order valence-corrected chi connectivity index (χ3v) is 5.45. The first-order valence-corrected chi connectivity index (χ1v) is 9.63. The zero-order valence-electron chi connectivity index (χ0n) is 16.4. The Kier molecular flexibility index (Phi) is 5.34. The van der Waals surface area contributed by atoms with Crippen LogP contribution in [-0.2, 0) is 5.60 Å². The smallest absolute Gasteiger partial charge is 0.376 e. The van der Waals surface area contributed by atoms with E-state index in [-0.39, 0.29) is 29.2 Å². The minimum Gasteiger partial charge on any atom is -0.376 e. The molecule has 3 aromatic rings. The van der Waals surface area contributed by atoms with E-state index >= 15 is 0 Å². The van der Waals surface area contributed by atoms with Crippen LogP contribution in [0.2, 0.25) is 0 Å². The summed E-state index contributed by atoms with van der Waals surface area (Å²) >= 11 is 0. The van der Waals surface area contributed by atoms with Crippen molar-refractivity contribution in [1.29, 1.82) is 0 Å². The summed E-state index contributed by atoms with van der Waals surface area (Å²) in [7, 11) is 0. The zero-order valence-corrected chi connectivity index (χ0v) is 16.4. The minimum absolute atomic E-state index is 0.165. The van der Waals surface area contributed by atoms with E-state index in [0.717, 1.165) is 18.3 Å². The van der Waals surface area contributed by atoms with Gasteiger partial charge in [0.05, 0.1) is 23.6 Å². The van der Waals surface area contributed by atoms with Crippen LogP contribution in [0, 0.1) is 5.82 Å². The van der Waals surface area contributed by atoms with Crippen molar-refractivity contribution in [1.82, 2.24) is 19.7 Å². The van der Waals surface area contributed by atoms with E-state index in [1.807, 2.05) is 0 Å². The van der Waals surface area contributed by atoms with Crippen LogP contribution in [0.15, 0.2) is 36.7 Å². The quantitative estimate of drug-likeness (QED) is 0.541. The molecule has 0 saturated carbocycles. The van der Waals surface area contributed by atoms with E-state index in [0.29, 0.717) is 25.7 Å². The van der Waals surface area contributed by atoms with Crippen LogP contribution < -0.4 is 10.6 Å². The number of alkyl halides is 4. The Morgan fingerprint density at radius 1 is 1.23 bits per heavy atom. The lowest BCUT2D eigenvalue weighted by Crippen LogP contribution is -2.46. The fourth-order valence-electron chi connectivity index (χ4n) is 3.45. The van der Waals surface area contributed by atoms with Gasteiger partial charge in [0.15, 0.2) is 17.2 Å². The number of fused-ring (bicyclic) bond motifs is 1. The molecule has 0 aromatic carbocycles. The molecule has 4 heterocycles. The van der Waals surface area contributed by atoms with Gasteiger partial charge in [-0.1, -0.05) is 6.07 Å². The summed E-state index contributed by atoms with van der Waals surface area (Å²) in [5.74, 6) is -0.849. The molecule has 3 aromatic heterocycles. The number of anilines is 1. The molecule has 0 aliphatic carbocycles. The van der Waals surface area contributed by atoms with Gasteiger partial charge in [-0.3, -0.25) is 4.40 Å². The molecule has 1 aliphatic rings. The highest BCUT2D eigenvalue weighted by atomic mass is 19.4. The molecule has 0 radical (unpaired) electrons. The molecule has 6 nitrogen and oxygen atoms in total. The maximum absolute atomic E-state index is 14.3. The average Bonchev–Trinajstić information content (AvgIpc) is 3.13. The number of hydrogen-bond donors (Lipinski definition) is 3. The first-order valence-electron chi connectivity index (χ1n) is 9.63. The van der Waals surface area contributed by atoms with Gasteiger partial charge in [0.25, 0.3) is 0 Å². The summed E-state index contributed by atoms with van der Waals surface area (Å²) < 4.78 is 69.5. The number of imidazole rings is 1. The van der Waals surface area contributed by atoms with Gasteiger partial charge in [-0.2, -0.15) is 13.2 Å². The summed E-state index contributed by atoms with van der Waals surface area (Å²) in [5, 5.41) is 15.8. The predicted octanol–water partition coefficient (Wildman–Crippen LogP) is 3.42. The second-order valence-corrected chi connectivity index (χ2v) is 7.65. The van der Waals surface area contributed by atoms with Gasteiger partial charge in [0.2, 0.25) is 0 Å². The van der Waals surface area contributed by atoms with Crippen LogP contribution in [-0.4, -0.2) is 51.0 Å². The van der Waals surface area contributed by atoms with Crippen molar-refractivity contribution in [2.24, 2.45) is 0 Å². The van der Waals surface area contributed by atoms with Gasteiger partial charge in [0.1, 0.15) is 11.8 Å². The van der Waals surface area contributed by atoms with Crippen LogP contribution >= 0.6 is 0 Å². The number of aliphatic hydroxyl groups is 1. The highest BCUT2D eigenvalue weighted by molar-refractivity contribution is 5.62. The van der Waals surface area contributed by atoms with Crippen molar-refractivity contribution in [3.63, 3.8) is 0 Å². The van der Waals surface area contributed by atoms with Crippen LogP contribution in [0.4, 0.5) is 27.8 Å². The standard InChI is InChI=1S/C20H20F5N5O/c1-19(31,20(23,24)25)11-2-5-17-27-9-16(30(17)10-11)14-4-3-13(22)18(28-14)29-15-8-26-7-6-12(15)21/h2-5,9-10,12,15,26,31H,6-8H2,1H3,(H,28,29). The van der Waals surface area contributed by atoms with E-state index in [4.69, 9.17) is 0 Å². The number of piperidine rings is 1. The van der Waals surface area contributed by atoms with E-state index in [1.54, 1.807) is 0 Å². The maximum atomic E-state index is 14.3. The Hall–Kier alpha value is -2.79. The molecule has 0 amide bonds. The van der Waals surface area contributed by atoms with E-state index < -0.39 is 29.8 Å². The maximum Gasteiger partial charge on any atom is 0.421 e. The summed E-state index contributed by atoms with van der Waals surface area (Å²) in [6, 6.07) is 4.31. The Morgan fingerprint density at radius 2 is 2.00 bits per heavy atom. The molecule has 1 aliphatic heterocycles. The van der Waals surface area contributed by atoms with Crippen molar-refractivity contribution in [2.75, 3.05) is 18.4 Å². The fourth-order valence-corrected chi connectivity index (χ4v) is 3.45. The van der Waals surface area contributed by atoms with E-state index in [9.17, 15) is 27.1 Å². The minimum atomic E-state index is -4.89. The molecule has 4 rings (SSSR count). The Morgan fingerprint density at radius 3 is 2.71 bits per heavy atom. The Balaban J connectivity index is 1.72. The van der Waals surface area contributed by atoms with Gasteiger partial charge in [0, 0.05) is 18.3 Å². The molecule has 11 heteroatoms. The lowest BCUT2D eigenvalue weighted by Gasteiger charge is -2.28. The number of hydrogen-bond acceptors (Lipinski definition) is 5. The van der Waals surface area contributed by atoms with Gasteiger partial charge >= 0.3 is 6.18 Å². The van der Waals surface area contributed by atoms with Gasteiger partial charge < -0.3 is 15.7 Å². The number of halogens is 5. The van der Waals surface area contributed by atoms with Crippen molar-refractivity contribution in [2.45, 2.75) is 37.3 Å². The average molecular weight is 441 g/mol. The van der Waals surface area contributed by atoms with E-state index in [1.165, 1.54) is 22.7 Å². The SMILES string of the molecule is CC(O)(c1ccc2ncc(-c3ccc(F)c(NC4CNCCC4F)n3)n2c1)C(F)(F)F. The van der Waals surface area contributed by atoms with Gasteiger partial charge in [-0.05, 0) is 38.1 Å². The number of nitrogens with zero attached hydrogens (tertiary/aromatic N) is 3. The van der Waals surface area contributed by atoms with Gasteiger partial charge in [-0.15, -0.1) is 0 Å². The summed E-state index contributed by atoms with van der Waals surface area (Å²) in [6.45, 7) is 1.49. The molecule has 3 atom stereocenters. The second-order valence-electron chi connectivity index (χ2n) is 7.65. The highest BCUT2D eigenvalue weighted by Gasteiger charge is 2.51. The fraction of sp³-hybridized carbons (Fsp3) is 0.400. The van der Waals surface area contributed by atoms with Crippen molar-refractivity contribution < 1.29 is 27.1 Å². The second kappa shape index (κ2) is 7.72. The van der Waals surface area contributed by atoms with Crippen molar-refractivity contribution in [3.05, 3.63) is 48.0 Å². The Bertz CT molecular complexity index is 1100. The highest BCUT2D eigenvalue weighted by Crippen LogP contribution is 2.38. The van der Waals surface area contributed by atoms with Crippen LogP contribution in [0.1, 0.15) is 18.9 Å². The van der Waals surface area contributed by atoms with E-state index in [2.05, 4.69) is 20.6 Å². The summed E-state index contributed by atoms with van der Waals surface area (Å²) in [4.78, 5) is 8.34. The molecule has 3 unspecified atom stereocenters.